The van der Waals surface area contributed by atoms with Crippen molar-refractivity contribution in [2.45, 2.75) is 33.2 Å². The molecular formula is C22H29N3O5S. The number of rotatable bonds is 9. The number of anilines is 2. The summed E-state index contributed by atoms with van der Waals surface area (Å²) in [4.78, 5) is 25.7. The van der Waals surface area contributed by atoms with Crippen LogP contribution in [0.3, 0.4) is 0 Å². The second-order valence-corrected chi connectivity index (χ2v) is 9.50. The van der Waals surface area contributed by atoms with Crippen LogP contribution in [0.15, 0.2) is 42.5 Å². The fourth-order valence-corrected chi connectivity index (χ4v) is 3.62. The molecule has 2 rings (SSSR count). The van der Waals surface area contributed by atoms with E-state index in [0.29, 0.717) is 17.7 Å². The third kappa shape index (κ3) is 7.29. The van der Waals surface area contributed by atoms with Gasteiger partial charge in [-0.1, -0.05) is 32.0 Å². The lowest BCUT2D eigenvalue weighted by Crippen LogP contribution is -2.44. The van der Waals surface area contributed by atoms with Gasteiger partial charge in [0.2, 0.25) is 15.9 Å². The molecule has 2 amide bonds. The Morgan fingerprint density at radius 2 is 1.77 bits per heavy atom. The van der Waals surface area contributed by atoms with E-state index in [1.54, 1.807) is 18.2 Å². The highest BCUT2D eigenvalue weighted by atomic mass is 32.2. The van der Waals surface area contributed by atoms with Crippen LogP contribution in [-0.4, -0.2) is 39.6 Å². The molecule has 0 saturated heterocycles. The van der Waals surface area contributed by atoms with Gasteiger partial charge in [0.1, 0.15) is 11.8 Å². The lowest BCUT2D eigenvalue weighted by atomic mass is 10.0. The van der Waals surface area contributed by atoms with Gasteiger partial charge in [-0.05, 0) is 43.0 Å². The summed E-state index contributed by atoms with van der Waals surface area (Å²) in [5.74, 6) is -0.262. The van der Waals surface area contributed by atoms with Crippen molar-refractivity contribution < 1.29 is 22.7 Å². The molecule has 8 nitrogen and oxygen atoms in total. The van der Waals surface area contributed by atoms with E-state index in [2.05, 4.69) is 15.4 Å². The molecule has 2 aromatic rings. The minimum Gasteiger partial charge on any atom is -0.494 e. The highest BCUT2D eigenvalue weighted by molar-refractivity contribution is 7.92. The van der Waals surface area contributed by atoms with E-state index in [1.165, 1.54) is 19.2 Å². The topological polar surface area (TPSA) is 114 Å². The fraction of sp³-hybridized carbons (Fsp3) is 0.364. The maximum absolute atomic E-state index is 12.9. The van der Waals surface area contributed by atoms with Gasteiger partial charge in [0.25, 0.3) is 5.91 Å². The molecule has 168 valence electrons. The molecule has 3 N–H and O–H groups in total. The van der Waals surface area contributed by atoms with Gasteiger partial charge in [0.05, 0.1) is 19.1 Å². The fourth-order valence-electron chi connectivity index (χ4n) is 3.05. The first-order chi connectivity index (χ1) is 14.5. The van der Waals surface area contributed by atoms with Gasteiger partial charge in [0, 0.05) is 17.3 Å². The second-order valence-electron chi connectivity index (χ2n) is 7.75. The van der Waals surface area contributed by atoms with Gasteiger partial charge in [-0.2, -0.15) is 0 Å². The van der Waals surface area contributed by atoms with E-state index in [9.17, 15) is 18.0 Å². The lowest BCUT2D eigenvalue weighted by Gasteiger charge is -2.21. The van der Waals surface area contributed by atoms with Crippen molar-refractivity contribution in [2.24, 2.45) is 5.92 Å². The largest absolute Gasteiger partial charge is 0.494 e. The Morgan fingerprint density at radius 3 is 2.35 bits per heavy atom. The van der Waals surface area contributed by atoms with Gasteiger partial charge < -0.3 is 15.4 Å². The zero-order valence-electron chi connectivity index (χ0n) is 18.4. The molecule has 1 atom stereocenters. The molecule has 0 heterocycles. The van der Waals surface area contributed by atoms with Gasteiger partial charge in [-0.3, -0.25) is 14.3 Å². The highest BCUT2D eigenvalue weighted by Gasteiger charge is 2.23. The Kier molecular flexibility index (Phi) is 8.04. The zero-order chi connectivity index (χ0) is 23.2. The predicted molar refractivity (Wildman–Crippen MR) is 122 cm³/mol. The van der Waals surface area contributed by atoms with E-state index in [0.717, 1.165) is 11.8 Å². The molecule has 0 aromatic heterocycles. The van der Waals surface area contributed by atoms with Gasteiger partial charge in [-0.25, -0.2) is 8.42 Å². The zero-order valence-corrected chi connectivity index (χ0v) is 19.2. The van der Waals surface area contributed by atoms with Crippen molar-refractivity contribution in [2.75, 3.05) is 23.4 Å². The average Bonchev–Trinajstić information content (AvgIpc) is 2.67. The van der Waals surface area contributed by atoms with Crippen LogP contribution >= 0.6 is 0 Å². The molecule has 0 aliphatic rings. The Bertz CT molecular complexity index is 1050. The number of hydrogen-bond donors (Lipinski definition) is 3. The average molecular weight is 448 g/mol. The predicted octanol–water partition coefficient (Wildman–Crippen LogP) is 3.16. The first-order valence-corrected chi connectivity index (χ1v) is 11.7. The molecule has 0 radical (unpaired) electrons. The highest BCUT2D eigenvalue weighted by Crippen LogP contribution is 2.28. The Morgan fingerprint density at radius 1 is 1.10 bits per heavy atom. The van der Waals surface area contributed by atoms with Crippen LogP contribution < -0.4 is 20.1 Å². The molecule has 0 saturated carbocycles. The van der Waals surface area contributed by atoms with Crippen molar-refractivity contribution >= 4 is 33.2 Å². The van der Waals surface area contributed by atoms with Crippen LogP contribution in [0.1, 0.15) is 36.2 Å². The Labute approximate surface area is 183 Å². The van der Waals surface area contributed by atoms with Crippen molar-refractivity contribution in [3.05, 3.63) is 53.6 Å². The first kappa shape index (κ1) is 24.2. The maximum Gasteiger partial charge on any atom is 0.252 e. The number of carbonyl (C=O) groups excluding carboxylic acids is 2. The molecule has 2 aromatic carbocycles. The number of carbonyl (C=O) groups is 2. The molecular weight excluding hydrogens is 418 g/mol. The normalized spacial score (nSPS) is 12.2. The van der Waals surface area contributed by atoms with Crippen molar-refractivity contribution in [1.29, 1.82) is 0 Å². The monoisotopic (exact) mass is 447 g/mol. The summed E-state index contributed by atoms with van der Waals surface area (Å²) in [7, 11) is -2.08. The quantitative estimate of drug-likeness (QED) is 0.546. The molecule has 0 aliphatic carbocycles. The molecule has 0 fully saturated rings. The Balaban J connectivity index is 2.20. The number of benzene rings is 2. The van der Waals surface area contributed by atoms with Crippen LogP contribution in [0, 0.1) is 12.8 Å². The van der Waals surface area contributed by atoms with E-state index in [4.69, 9.17) is 4.74 Å². The third-order valence-corrected chi connectivity index (χ3v) is 5.07. The maximum atomic E-state index is 12.9. The molecule has 0 spiro atoms. The van der Waals surface area contributed by atoms with E-state index >= 15 is 0 Å². The van der Waals surface area contributed by atoms with Crippen LogP contribution in [0.5, 0.6) is 5.75 Å². The van der Waals surface area contributed by atoms with Crippen LogP contribution in [0.2, 0.25) is 0 Å². The standard InChI is InChI=1S/C22H29N3O5S/c1-14(2)12-19(24-21(26)17-9-7-6-8-15(17)3)22(27)23-16-10-11-18(20(13-16)30-4)25-31(5,28)29/h6-11,13-14,19,25H,12H2,1-5H3,(H,23,27)(H,24,26). The minimum atomic E-state index is -3.48. The lowest BCUT2D eigenvalue weighted by molar-refractivity contribution is -0.118. The van der Waals surface area contributed by atoms with Crippen molar-refractivity contribution in [3.63, 3.8) is 0 Å². The molecule has 31 heavy (non-hydrogen) atoms. The molecule has 9 heteroatoms. The van der Waals surface area contributed by atoms with E-state index in [1.807, 2.05) is 32.9 Å². The molecule has 1 unspecified atom stereocenters. The van der Waals surface area contributed by atoms with E-state index < -0.39 is 16.1 Å². The SMILES string of the molecule is COc1cc(NC(=O)C(CC(C)C)NC(=O)c2ccccc2C)ccc1NS(C)(=O)=O. The van der Waals surface area contributed by atoms with Gasteiger partial charge in [0.15, 0.2) is 0 Å². The summed E-state index contributed by atoms with van der Waals surface area (Å²) in [6.45, 7) is 5.77. The van der Waals surface area contributed by atoms with Crippen molar-refractivity contribution in [3.8, 4) is 5.75 Å². The second kappa shape index (κ2) is 10.3. The molecule has 0 bridgehead atoms. The summed E-state index contributed by atoms with van der Waals surface area (Å²) in [5, 5.41) is 5.60. The first-order valence-electron chi connectivity index (χ1n) is 9.83. The summed E-state index contributed by atoms with van der Waals surface area (Å²) < 4.78 is 30.6. The smallest absolute Gasteiger partial charge is 0.252 e. The van der Waals surface area contributed by atoms with Crippen LogP contribution in [0.4, 0.5) is 11.4 Å². The third-order valence-electron chi connectivity index (χ3n) is 4.48. The number of sulfonamides is 1. The summed E-state index contributed by atoms with van der Waals surface area (Å²) in [5.41, 5.74) is 2.01. The number of nitrogens with one attached hydrogen (secondary N) is 3. The van der Waals surface area contributed by atoms with Crippen LogP contribution in [-0.2, 0) is 14.8 Å². The van der Waals surface area contributed by atoms with E-state index in [-0.39, 0.29) is 29.2 Å². The Hall–Kier alpha value is -3.07. The minimum absolute atomic E-state index is 0.170. The number of methoxy groups -OCH3 is 1. The summed E-state index contributed by atoms with van der Waals surface area (Å²) in [6.07, 6.45) is 1.49. The number of ether oxygens (including phenoxy) is 1. The van der Waals surface area contributed by atoms with Crippen molar-refractivity contribution in [1.82, 2.24) is 5.32 Å². The van der Waals surface area contributed by atoms with Gasteiger partial charge >= 0.3 is 0 Å². The summed E-state index contributed by atoms with van der Waals surface area (Å²) >= 11 is 0. The number of aryl methyl sites for hydroxylation is 1. The number of hydrogen-bond acceptors (Lipinski definition) is 5. The van der Waals surface area contributed by atoms with Gasteiger partial charge in [-0.15, -0.1) is 0 Å². The van der Waals surface area contributed by atoms with Crippen LogP contribution in [0.25, 0.3) is 0 Å². The molecule has 0 aliphatic heterocycles. The summed E-state index contributed by atoms with van der Waals surface area (Å²) in [6, 6.07) is 11.0. The number of amides is 2.